The molecule has 2 N–H and O–H groups in total. The predicted molar refractivity (Wildman–Crippen MR) is 104 cm³/mol. The molecule has 0 unspecified atom stereocenters. The van der Waals surface area contributed by atoms with Crippen LogP contribution in [0, 0.1) is 0 Å². The average Bonchev–Trinajstić information content (AvgIpc) is 2.65. The summed E-state index contributed by atoms with van der Waals surface area (Å²) in [5.41, 5.74) is 5.82. The van der Waals surface area contributed by atoms with Crippen molar-refractivity contribution in [2.24, 2.45) is 5.10 Å². The van der Waals surface area contributed by atoms with Crippen molar-refractivity contribution in [3.05, 3.63) is 81.8 Å². The van der Waals surface area contributed by atoms with Crippen LogP contribution >= 0.6 is 0 Å². The van der Waals surface area contributed by atoms with Gasteiger partial charge in [-0.15, -0.1) is 10.2 Å². The van der Waals surface area contributed by atoms with E-state index in [4.69, 9.17) is 0 Å². The summed E-state index contributed by atoms with van der Waals surface area (Å²) in [6, 6.07) is 17.6. The summed E-state index contributed by atoms with van der Waals surface area (Å²) in [7, 11) is 3.97. The molecule has 0 saturated carbocycles. The van der Waals surface area contributed by atoms with E-state index in [0.717, 1.165) is 16.8 Å². The summed E-state index contributed by atoms with van der Waals surface area (Å²) >= 11 is 0. The zero-order valence-electron chi connectivity index (χ0n) is 14.7. The van der Waals surface area contributed by atoms with Crippen molar-refractivity contribution in [3.63, 3.8) is 0 Å². The molecule has 1 aromatic heterocycles. The Morgan fingerprint density at radius 3 is 2.46 bits per heavy atom. The van der Waals surface area contributed by atoms with Gasteiger partial charge in [-0.25, -0.2) is 5.43 Å². The quantitative estimate of drug-likeness (QED) is 0.527. The van der Waals surface area contributed by atoms with Crippen molar-refractivity contribution in [1.82, 2.24) is 15.2 Å². The topological polar surface area (TPSA) is 86.3 Å². The number of nitrogens with one attached hydrogen (secondary N) is 2. The number of aromatic amines is 1. The van der Waals surface area contributed by atoms with E-state index in [-0.39, 0.29) is 11.5 Å². The molecule has 3 rings (SSSR count). The van der Waals surface area contributed by atoms with Crippen LogP contribution in [0.15, 0.2) is 64.5 Å². The number of benzene rings is 2. The molecule has 0 aliphatic carbocycles. The van der Waals surface area contributed by atoms with Crippen LogP contribution in [0.1, 0.15) is 16.8 Å². The Bertz CT molecular complexity index is 932. The molecular weight excluding hydrogens is 328 g/mol. The van der Waals surface area contributed by atoms with Gasteiger partial charge in [-0.1, -0.05) is 42.5 Å². The third-order valence-electron chi connectivity index (χ3n) is 3.77. The minimum atomic E-state index is -0.281. The largest absolute Gasteiger partial charge is 0.378 e. The second-order valence-electron chi connectivity index (χ2n) is 5.97. The summed E-state index contributed by atoms with van der Waals surface area (Å²) in [5, 5.41) is 12.0. The lowest BCUT2D eigenvalue weighted by Crippen LogP contribution is -2.18. The van der Waals surface area contributed by atoms with Crippen LogP contribution in [0.3, 0.4) is 0 Å². The standard InChI is InChI=1S/C19H20N6O/c1-25(2)16-10-8-15(9-11-16)13-20-23-19-21-18(26)17(22-24-19)12-14-6-4-3-5-7-14/h3-11,13H,12H2,1-2H3,(H2,21,23,24,26)/b20-13-. The van der Waals surface area contributed by atoms with Crippen molar-refractivity contribution < 1.29 is 0 Å². The molecule has 0 aliphatic heterocycles. The fourth-order valence-electron chi connectivity index (χ4n) is 2.34. The smallest absolute Gasteiger partial charge is 0.274 e. The molecular formula is C19H20N6O. The van der Waals surface area contributed by atoms with Crippen molar-refractivity contribution >= 4 is 17.9 Å². The molecule has 132 valence electrons. The Kier molecular flexibility index (Phi) is 5.38. The highest BCUT2D eigenvalue weighted by Gasteiger charge is 2.05. The molecule has 0 spiro atoms. The molecule has 0 radical (unpaired) electrons. The molecule has 0 atom stereocenters. The first kappa shape index (κ1) is 17.3. The van der Waals surface area contributed by atoms with Gasteiger partial charge in [0, 0.05) is 26.2 Å². The first-order valence-corrected chi connectivity index (χ1v) is 8.18. The molecule has 0 aliphatic rings. The van der Waals surface area contributed by atoms with Gasteiger partial charge in [0.05, 0.1) is 6.21 Å². The molecule has 7 heteroatoms. The molecule has 26 heavy (non-hydrogen) atoms. The maximum Gasteiger partial charge on any atom is 0.274 e. The zero-order valence-corrected chi connectivity index (χ0v) is 14.7. The number of hydrazone groups is 1. The first-order valence-electron chi connectivity index (χ1n) is 8.18. The Labute approximate surface area is 151 Å². The maximum atomic E-state index is 12.1. The fourth-order valence-corrected chi connectivity index (χ4v) is 2.34. The highest BCUT2D eigenvalue weighted by Crippen LogP contribution is 2.11. The van der Waals surface area contributed by atoms with E-state index in [1.807, 2.05) is 73.6 Å². The number of aromatic nitrogens is 3. The van der Waals surface area contributed by atoms with Crippen LogP contribution in [0.2, 0.25) is 0 Å². The van der Waals surface area contributed by atoms with Gasteiger partial charge in [0.15, 0.2) is 0 Å². The molecule has 0 fully saturated rings. The first-order chi connectivity index (χ1) is 12.6. The number of hydrogen-bond donors (Lipinski definition) is 2. The van der Waals surface area contributed by atoms with Crippen LogP contribution < -0.4 is 15.9 Å². The number of rotatable bonds is 6. The Morgan fingerprint density at radius 1 is 1.08 bits per heavy atom. The van der Waals surface area contributed by atoms with Crippen LogP contribution in [-0.2, 0) is 6.42 Å². The fraction of sp³-hybridized carbons (Fsp3) is 0.158. The SMILES string of the molecule is CN(C)c1ccc(/C=N\Nc2nnc(Cc3ccccc3)c(=O)[nH]2)cc1. The van der Waals surface area contributed by atoms with Gasteiger partial charge < -0.3 is 4.90 Å². The van der Waals surface area contributed by atoms with Gasteiger partial charge in [0.2, 0.25) is 5.95 Å². The molecule has 0 bridgehead atoms. The summed E-state index contributed by atoms with van der Waals surface area (Å²) in [4.78, 5) is 16.8. The highest BCUT2D eigenvalue weighted by molar-refractivity contribution is 5.80. The monoisotopic (exact) mass is 348 g/mol. The molecule has 0 amide bonds. The van der Waals surface area contributed by atoms with Crippen LogP contribution in [0.25, 0.3) is 0 Å². The lowest BCUT2D eigenvalue weighted by atomic mass is 10.1. The minimum Gasteiger partial charge on any atom is -0.378 e. The van der Waals surface area contributed by atoms with E-state index in [9.17, 15) is 4.79 Å². The van der Waals surface area contributed by atoms with E-state index < -0.39 is 0 Å². The van der Waals surface area contributed by atoms with E-state index >= 15 is 0 Å². The highest BCUT2D eigenvalue weighted by atomic mass is 16.1. The third kappa shape index (κ3) is 4.54. The zero-order chi connectivity index (χ0) is 18.4. The maximum absolute atomic E-state index is 12.1. The number of hydrogen-bond acceptors (Lipinski definition) is 6. The summed E-state index contributed by atoms with van der Waals surface area (Å²) in [6.07, 6.45) is 2.09. The van der Waals surface area contributed by atoms with E-state index in [0.29, 0.717) is 12.1 Å². The van der Waals surface area contributed by atoms with Crippen molar-refractivity contribution in [2.45, 2.75) is 6.42 Å². The summed E-state index contributed by atoms with van der Waals surface area (Å²) in [5.74, 6) is 0.202. The van der Waals surface area contributed by atoms with E-state index in [1.165, 1.54) is 0 Å². The van der Waals surface area contributed by atoms with Crippen LogP contribution in [0.5, 0.6) is 0 Å². The van der Waals surface area contributed by atoms with E-state index in [2.05, 4.69) is 25.7 Å². The molecule has 2 aromatic carbocycles. The Balaban J connectivity index is 1.63. The van der Waals surface area contributed by atoms with Gasteiger partial charge in [0.1, 0.15) is 5.69 Å². The second kappa shape index (κ2) is 8.06. The molecule has 1 heterocycles. The molecule has 7 nitrogen and oxygen atoms in total. The third-order valence-corrected chi connectivity index (χ3v) is 3.77. The van der Waals surface area contributed by atoms with Gasteiger partial charge in [-0.2, -0.15) is 5.10 Å². The Hall–Kier alpha value is -3.48. The molecule has 3 aromatic rings. The second-order valence-corrected chi connectivity index (χ2v) is 5.97. The van der Waals surface area contributed by atoms with Gasteiger partial charge in [0.25, 0.3) is 5.56 Å². The lowest BCUT2D eigenvalue weighted by Gasteiger charge is -2.11. The average molecular weight is 348 g/mol. The normalized spacial score (nSPS) is 10.8. The van der Waals surface area contributed by atoms with Crippen LogP contribution in [0.4, 0.5) is 11.6 Å². The van der Waals surface area contributed by atoms with Crippen molar-refractivity contribution in [1.29, 1.82) is 0 Å². The van der Waals surface area contributed by atoms with Gasteiger partial charge in [-0.3, -0.25) is 9.78 Å². The van der Waals surface area contributed by atoms with Crippen LogP contribution in [-0.4, -0.2) is 35.5 Å². The number of H-pyrrole nitrogens is 1. The van der Waals surface area contributed by atoms with Crippen molar-refractivity contribution in [3.8, 4) is 0 Å². The van der Waals surface area contributed by atoms with Crippen molar-refractivity contribution in [2.75, 3.05) is 24.4 Å². The molecule has 0 saturated heterocycles. The van der Waals surface area contributed by atoms with E-state index in [1.54, 1.807) is 6.21 Å². The summed E-state index contributed by atoms with van der Waals surface area (Å²) in [6.45, 7) is 0. The summed E-state index contributed by atoms with van der Waals surface area (Å²) < 4.78 is 0. The Morgan fingerprint density at radius 2 is 1.81 bits per heavy atom. The number of anilines is 2. The minimum absolute atomic E-state index is 0.202. The lowest BCUT2D eigenvalue weighted by molar-refractivity contribution is 0.866. The number of nitrogens with zero attached hydrogens (tertiary/aromatic N) is 4. The van der Waals surface area contributed by atoms with Gasteiger partial charge >= 0.3 is 0 Å². The van der Waals surface area contributed by atoms with Gasteiger partial charge in [-0.05, 0) is 23.3 Å². The predicted octanol–water partition coefficient (Wildman–Crippen LogP) is 2.27.